The lowest BCUT2D eigenvalue weighted by molar-refractivity contribution is -0.122. The van der Waals surface area contributed by atoms with Crippen molar-refractivity contribution >= 4 is 41.1 Å². The van der Waals surface area contributed by atoms with Gasteiger partial charge in [0.05, 0.1) is 5.69 Å². The molecule has 2 rings (SSSR count). The first kappa shape index (κ1) is 36.5. The zero-order valence-corrected chi connectivity index (χ0v) is 25.6. The number of rotatable bonds is 12. The monoisotopic (exact) mass is 563 g/mol. The van der Waals surface area contributed by atoms with E-state index in [-0.39, 0.29) is 17.9 Å². The summed E-state index contributed by atoms with van der Waals surface area (Å²) < 4.78 is 0. The molecule has 1 aliphatic rings. The Morgan fingerprint density at radius 1 is 1.21 bits per heavy atom. The van der Waals surface area contributed by atoms with Gasteiger partial charge in [-0.05, 0) is 88.5 Å². The second-order valence-corrected chi connectivity index (χ2v) is 10.6. The third-order valence-electron chi connectivity index (χ3n) is 6.33. The minimum absolute atomic E-state index is 0.0814. The van der Waals surface area contributed by atoms with E-state index in [1.807, 2.05) is 39.1 Å². The van der Waals surface area contributed by atoms with E-state index < -0.39 is 0 Å². The number of aliphatic imine (C=N–C) groups is 1. The molecule has 8 nitrogen and oxygen atoms in total. The van der Waals surface area contributed by atoms with Crippen LogP contribution in [0, 0.1) is 12.8 Å². The number of aldehydes is 1. The Hall–Kier alpha value is -2.55. The van der Waals surface area contributed by atoms with Crippen LogP contribution >= 0.6 is 11.6 Å². The summed E-state index contributed by atoms with van der Waals surface area (Å²) in [5.41, 5.74) is 8.07. The van der Waals surface area contributed by atoms with Crippen molar-refractivity contribution in [2.75, 3.05) is 33.2 Å². The molecule has 39 heavy (non-hydrogen) atoms. The molecular formula is C30H50ClN5O3. The van der Waals surface area contributed by atoms with Gasteiger partial charge in [0.1, 0.15) is 6.29 Å². The summed E-state index contributed by atoms with van der Waals surface area (Å²) in [6, 6.07) is 5.81. The summed E-state index contributed by atoms with van der Waals surface area (Å²) in [5, 5.41) is 6.99. The smallest absolute Gasteiger partial charge is 0.220 e. The van der Waals surface area contributed by atoms with E-state index in [0.29, 0.717) is 29.4 Å². The molecule has 1 saturated heterocycles. The van der Waals surface area contributed by atoms with Gasteiger partial charge in [0, 0.05) is 43.2 Å². The quantitative estimate of drug-likeness (QED) is 0.188. The summed E-state index contributed by atoms with van der Waals surface area (Å²) in [7, 11) is 1.91. The molecule has 2 unspecified atom stereocenters. The van der Waals surface area contributed by atoms with Crippen LogP contribution in [-0.4, -0.2) is 68.0 Å². The van der Waals surface area contributed by atoms with Crippen molar-refractivity contribution in [3.8, 4) is 0 Å². The zero-order valence-electron chi connectivity index (χ0n) is 24.8. The van der Waals surface area contributed by atoms with E-state index in [9.17, 15) is 14.4 Å². The van der Waals surface area contributed by atoms with Crippen LogP contribution in [-0.2, 0) is 14.4 Å². The van der Waals surface area contributed by atoms with Crippen LogP contribution in [0.3, 0.4) is 0 Å². The summed E-state index contributed by atoms with van der Waals surface area (Å²) in [6.07, 6.45) is 6.89. The maximum atomic E-state index is 12.2. The number of aryl methyl sites for hydroxylation is 1. The van der Waals surface area contributed by atoms with Gasteiger partial charge in [-0.15, -0.1) is 0 Å². The first-order valence-electron chi connectivity index (χ1n) is 13.8. The van der Waals surface area contributed by atoms with Crippen LogP contribution < -0.4 is 16.4 Å². The Balaban J connectivity index is 0.000000790. The number of benzene rings is 1. The molecule has 1 fully saturated rings. The van der Waals surface area contributed by atoms with E-state index in [2.05, 4.69) is 46.7 Å². The van der Waals surface area contributed by atoms with E-state index >= 15 is 0 Å². The fourth-order valence-electron chi connectivity index (χ4n) is 3.92. The predicted molar refractivity (Wildman–Crippen MR) is 164 cm³/mol. The highest BCUT2D eigenvalue weighted by Gasteiger charge is 2.17. The lowest BCUT2D eigenvalue weighted by Gasteiger charge is -2.25. The average molecular weight is 564 g/mol. The zero-order chi connectivity index (χ0) is 29.8. The number of likely N-dealkylation sites (N-methyl/N-ethyl adjacent to an activating group) is 1. The molecule has 0 bridgehead atoms. The molecule has 0 spiro atoms. The van der Waals surface area contributed by atoms with Crippen LogP contribution in [0.15, 0.2) is 35.3 Å². The Bertz CT molecular complexity index is 925. The van der Waals surface area contributed by atoms with Crippen molar-refractivity contribution in [1.29, 1.82) is 0 Å². The molecule has 0 aliphatic carbocycles. The van der Waals surface area contributed by atoms with Gasteiger partial charge in [-0.25, -0.2) is 0 Å². The van der Waals surface area contributed by atoms with Crippen molar-refractivity contribution in [3.05, 3.63) is 40.9 Å². The molecule has 220 valence electrons. The number of carbonyl (C=O) groups is 3. The molecule has 2 atom stereocenters. The third-order valence-corrected chi connectivity index (χ3v) is 6.56. The summed E-state index contributed by atoms with van der Waals surface area (Å²) >= 11 is 5.96. The number of piperidine rings is 1. The SMILES string of the molecule is C=C(C=O)CN1CCCCC1.CC(N)=O.CCC(C)C(CNC)NC(=O)CCC(C)=Nc1ccc(Cl)cc1C. The molecule has 1 aromatic carbocycles. The van der Waals surface area contributed by atoms with Crippen LogP contribution in [0.4, 0.5) is 5.69 Å². The van der Waals surface area contributed by atoms with Crippen LogP contribution in [0.2, 0.25) is 5.02 Å². The van der Waals surface area contributed by atoms with Crippen molar-refractivity contribution in [1.82, 2.24) is 15.5 Å². The molecule has 4 N–H and O–H groups in total. The third kappa shape index (κ3) is 18.4. The number of amides is 2. The maximum Gasteiger partial charge on any atom is 0.220 e. The molecule has 9 heteroatoms. The number of primary amides is 1. The van der Waals surface area contributed by atoms with Gasteiger partial charge in [-0.2, -0.15) is 0 Å². The number of nitrogens with zero attached hydrogens (tertiary/aromatic N) is 2. The Morgan fingerprint density at radius 2 is 1.82 bits per heavy atom. The highest BCUT2D eigenvalue weighted by Crippen LogP contribution is 2.23. The predicted octanol–water partition coefficient (Wildman–Crippen LogP) is 4.99. The fourth-order valence-corrected chi connectivity index (χ4v) is 4.15. The number of carbonyl (C=O) groups excluding carboxylic acids is 3. The Morgan fingerprint density at radius 3 is 2.33 bits per heavy atom. The molecule has 2 amide bonds. The van der Waals surface area contributed by atoms with Crippen molar-refractivity contribution in [3.63, 3.8) is 0 Å². The highest BCUT2D eigenvalue weighted by atomic mass is 35.5. The molecule has 1 aliphatic heterocycles. The van der Waals surface area contributed by atoms with E-state index in [1.54, 1.807) is 0 Å². The number of nitrogens with two attached hydrogens (primary N) is 1. The van der Waals surface area contributed by atoms with Gasteiger partial charge >= 0.3 is 0 Å². The minimum atomic E-state index is -0.333. The Labute approximate surface area is 240 Å². The topological polar surface area (TPSA) is 117 Å². The molecule has 0 saturated carbocycles. The molecule has 0 radical (unpaired) electrons. The second kappa shape index (κ2) is 21.3. The fraction of sp³-hybridized carbons (Fsp3) is 0.600. The molecule has 1 aromatic rings. The van der Waals surface area contributed by atoms with Gasteiger partial charge in [0.2, 0.25) is 11.8 Å². The number of likely N-dealkylation sites (tertiary alicyclic amines) is 1. The first-order chi connectivity index (χ1) is 18.4. The van der Waals surface area contributed by atoms with Crippen molar-refractivity contribution < 1.29 is 14.4 Å². The minimum Gasteiger partial charge on any atom is -0.370 e. The highest BCUT2D eigenvalue weighted by molar-refractivity contribution is 6.30. The average Bonchev–Trinajstić information content (AvgIpc) is 2.89. The van der Waals surface area contributed by atoms with Gasteiger partial charge in [0.25, 0.3) is 0 Å². The van der Waals surface area contributed by atoms with Crippen LogP contribution in [0.5, 0.6) is 0 Å². The van der Waals surface area contributed by atoms with Gasteiger partial charge in [-0.3, -0.25) is 24.3 Å². The van der Waals surface area contributed by atoms with E-state index in [4.69, 9.17) is 11.6 Å². The molecule has 0 aromatic heterocycles. The number of hydrogen-bond donors (Lipinski definition) is 3. The number of nitrogens with one attached hydrogen (secondary N) is 2. The van der Waals surface area contributed by atoms with Gasteiger partial charge < -0.3 is 16.4 Å². The second-order valence-electron chi connectivity index (χ2n) is 10.1. The van der Waals surface area contributed by atoms with E-state index in [0.717, 1.165) is 55.8 Å². The molecular weight excluding hydrogens is 514 g/mol. The number of halogens is 1. The first-order valence-corrected chi connectivity index (χ1v) is 14.2. The van der Waals surface area contributed by atoms with Crippen LogP contribution in [0.25, 0.3) is 0 Å². The summed E-state index contributed by atoms with van der Waals surface area (Å²) in [6.45, 7) is 17.0. The Kier molecular flexibility index (Phi) is 19.9. The van der Waals surface area contributed by atoms with Crippen LogP contribution in [0.1, 0.15) is 71.8 Å². The number of hydrogen-bond acceptors (Lipinski definition) is 6. The molecule has 1 heterocycles. The standard InChI is InChI=1S/C19H30ClN3O.C9H15NO.C2H5NO/c1-6-13(2)18(12-21-5)23-19(24)10-7-15(4)22-17-9-8-16(20)11-14(17)3;1-9(8-11)7-10-5-3-2-4-6-10;1-2(3)4/h8-9,11,13,18,21H,6-7,10,12H2,1-5H3,(H,23,24);8H,1-7H2;1H3,(H2,3,4). The maximum absolute atomic E-state index is 12.2. The summed E-state index contributed by atoms with van der Waals surface area (Å²) in [4.78, 5) is 38.6. The van der Waals surface area contributed by atoms with Crippen molar-refractivity contribution in [2.24, 2.45) is 16.6 Å². The van der Waals surface area contributed by atoms with E-state index in [1.165, 1.54) is 26.2 Å². The van der Waals surface area contributed by atoms with Crippen molar-refractivity contribution in [2.45, 2.75) is 79.2 Å². The lowest BCUT2D eigenvalue weighted by Crippen LogP contribution is -2.45. The normalized spacial score (nSPS) is 15.0. The van der Waals surface area contributed by atoms with Gasteiger partial charge in [-0.1, -0.05) is 44.9 Å². The van der Waals surface area contributed by atoms with Gasteiger partial charge in [0.15, 0.2) is 0 Å². The largest absolute Gasteiger partial charge is 0.370 e. The lowest BCUT2D eigenvalue weighted by atomic mass is 9.99. The summed E-state index contributed by atoms with van der Waals surface area (Å²) in [5.74, 6) is 0.200.